The lowest BCUT2D eigenvalue weighted by Gasteiger charge is -2.13. The fraction of sp³-hybridized carbons (Fsp3) is 0.500. The van der Waals surface area contributed by atoms with Crippen LogP contribution in [0, 0.1) is 5.92 Å². The van der Waals surface area contributed by atoms with Crippen molar-refractivity contribution < 1.29 is 0 Å². The topological polar surface area (TPSA) is 42.2 Å². The molecular weight excluding hydrogens is 200 g/mol. The van der Waals surface area contributed by atoms with Gasteiger partial charge in [-0.2, -0.15) is 0 Å². The summed E-state index contributed by atoms with van der Waals surface area (Å²) in [6.45, 7) is 7.50. The third-order valence-corrected chi connectivity index (χ3v) is 2.56. The quantitative estimate of drug-likeness (QED) is 0.854. The van der Waals surface area contributed by atoms with E-state index in [1.165, 1.54) is 0 Å². The van der Waals surface area contributed by atoms with Gasteiger partial charge >= 0.3 is 0 Å². The molecule has 0 saturated carbocycles. The molecule has 2 heterocycles. The highest BCUT2D eigenvalue weighted by atomic mass is 15.3. The van der Waals surface area contributed by atoms with Gasteiger partial charge in [0.2, 0.25) is 0 Å². The van der Waals surface area contributed by atoms with Crippen LogP contribution < -0.4 is 5.32 Å². The first kappa shape index (κ1) is 11.1. The van der Waals surface area contributed by atoms with Crippen molar-refractivity contribution in [1.82, 2.24) is 19.9 Å². The summed E-state index contributed by atoms with van der Waals surface area (Å²) < 4.78 is 2.03. The molecule has 0 bridgehead atoms. The molecule has 2 aromatic rings. The van der Waals surface area contributed by atoms with Gasteiger partial charge in [0.1, 0.15) is 0 Å². The highest BCUT2D eigenvalue weighted by molar-refractivity contribution is 5.37. The van der Waals surface area contributed by atoms with Crippen LogP contribution in [0.4, 0.5) is 0 Å². The molecule has 1 N–H and O–H groups in total. The summed E-state index contributed by atoms with van der Waals surface area (Å²) in [7, 11) is 0. The molecule has 2 aromatic heterocycles. The maximum atomic E-state index is 4.22. The number of hydrogen-bond donors (Lipinski definition) is 1. The van der Waals surface area contributed by atoms with Gasteiger partial charge in [0.15, 0.2) is 11.5 Å². The molecule has 0 aliphatic carbocycles. The van der Waals surface area contributed by atoms with Crippen LogP contribution in [-0.2, 0) is 0 Å². The Morgan fingerprint density at radius 2 is 2.06 bits per heavy atom. The van der Waals surface area contributed by atoms with Crippen LogP contribution in [0.2, 0.25) is 0 Å². The van der Waals surface area contributed by atoms with E-state index in [1.54, 1.807) is 0 Å². The average molecular weight is 218 g/mol. The van der Waals surface area contributed by atoms with Crippen molar-refractivity contribution in [3.05, 3.63) is 30.2 Å². The van der Waals surface area contributed by atoms with E-state index in [0.29, 0.717) is 5.92 Å². The average Bonchev–Trinajstić information content (AvgIpc) is 2.69. The molecule has 4 nitrogen and oxygen atoms in total. The van der Waals surface area contributed by atoms with E-state index in [2.05, 4.69) is 36.3 Å². The Balaban J connectivity index is 2.19. The maximum Gasteiger partial charge on any atom is 0.160 e. The van der Waals surface area contributed by atoms with Crippen molar-refractivity contribution in [2.24, 2.45) is 5.92 Å². The Morgan fingerprint density at radius 1 is 1.25 bits per heavy atom. The number of nitrogens with one attached hydrogen (secondary N) is 1. The molecule has 0 aromatic carbocycles. The predicted octanol–water partition coefficient (Wildman–Crippen LogP) is 2.04. The number of rotatable bonds is 4. The van der Waals surface area contributed by atoms with Crippen LogP contribution in [0.3, 0.4) is 0 Å². The fourth-order valence-corrected chi connectivity index (χ4v) is 1.66. The molecule has 1 atom stereocenters. The van der Waals surface area contributed by atoms with Crippen molar-refractivity contribution in [2.75, 3.05) is 6.54 Å². The summed E-state index contributed by atoms with van der Waals surface area (Å²) in [5.74, 6) is 1.61. The first-order chi connectivity index (χ1) is 7.68. The molecule has 0 aliphatic heterocycles. The standard InChI is InChI=1S/C12H18N4/c1-9(2)8-13-10(3)12-15-14-11-6-4-5-7-16(11)12/h4-7,9-10,13H,8H2,1-3H3. The molecule has 2 rings (SSSR count). The van der Waals surface area contributed by atoms with Crippen molar-refractivity contribution in [2.45, 2.75) is 26.8 Å². The van der Waals surface area contributed by atoms with Gasteiger partial charge in [0.05, 0.1) is 6.04 Å². The second kappa shape index (κ2) is 4.61. The smallest absolute Gasteiger partial charge is 0.160 e. The van der Waals surface area contributed by atoms with Crippen molar-refractivity contribution in [3.63, 3.8) is 0 Å². The highest BCUT2D eigenvalue weighted by Gasteiger charge is 2.12. The molecule has 86 valence electrons. The van der Waals surface area contributed by atoms with Crippen LogP contribution in [-0.4, -0.2) is 21.1 Å². The molecule has 0 fully saturated rings. The summed E-state index contributed by atoms with van der Waals surface area (Å²) >= 11 is 0. The van der Waals surface area contributed by atoms with Gasteiger partial charge in [-0.1, -0.05) is 19.9 Å². The molecular formula is C12H18N4. The van der Waals surface area contributed by atoms with Gasteiger partial charge in [0.25, 0.3) is 0 Å². The Morgan fingerprint density at radius 3 is 2.81 bits per heavy atom. The zero-order chi connectivity index (χ0) is 11.5. The Bertz CT molecular complexity index is 461. The predicted molar refractivity (Wildman–Crippen MR) is 64.2 cm³/mol. The van der Waals surface area contributed by atoms with Gasteiger partial charge in [0, 0.05) is 6.20 Å². The van der Waals surface area contributed by atoms with Crippen LogP contribution >= 0.6 is 0 Å². The van der Waals surface area contributed by atoms with Gasteiger partial charge in [-0.25, -0.2) is 0 Å². The minimum absolute atomic E-state index is 0.222. The lowest BCUT2D eigenvalue weighted by atomic mass is 10.2. The zero-order valence-corrected chi connectivity index (χ0v) is 10.0. The highest BCUT2D eigenvalue weighted by Crippen LogP contribution is 2.11. The number of pyridine rings is 1. The Hall–Kier alpha value is -1.42. The lowest BCUT2D eigenvalue weighted by Crippen LogP contribution is -2.24. The summed E-state index contributed by atoms with van der Waals surface area (Å²) in [5.41, 5.74) is 0.899. The van der Waals surface area contributed by atoms with Crippen LogP contribution in [0.1, 0.15) is 32.6 Å². The van der Waals surface area contributed by atoms with Gasteiger partial charge in [-0.05, 0) is 31.5 Å². The second-order valence-electron chi connectivity index (χ2n) is 4.51. The van der Waals surface area contributed by atoms with E-state index in [0.717, 1.165) is 18.0 Å². The Labute approximate surface area is 95.7 Å². The summed E-state index contributed by atoms with van der Waals surface area (Å²) in [5, 5.41) is 11.8. The molecule has 4 heteroatoms. The van der Waals surface area contributed by atoms with Gasteiger partial charge < -0.3 is 5.32 Å². The number of hydrogen-bond acceptors (Lipinski definition) is 3. The second-order valence-corrected chi connectivity index (χ2v) is 4.51. The monoisotopic (exact) mass is 218 g/mol. The van der Waals surface area contributed by atoms with Crippen LogP contribution in [0.15, 0.2) is 24.4 Å². The third kappa shape index (κ3) is 2.22. The van der Waals surface area contributed by atoms with E-state index in [-0.39, 0.29) is 6.04 Å². The first-order valence-corrected chi connectivity index (χ1v) is 5.71. The summed E-state index contributed by atoms with van der Waals surface area (Å²) in [6, 6.07) is 6.15. The van der Waals surface area contributed by atoms with Gasteiger partial charge in [-0.3, -0.25) is 4.40 Å². The van der Waals surface area contributed by atoms with E-state index in [9.17, 15) is 0 Å². The zero-order valence-electron chi connectivity index (χ0n) is 10.0. The molecule has 0 saturated heterocycles. The summed E-state index contributed by atoms with van der Waals surface area (Å²) in [4.78, 5) is 0. The van der Waals surface area contributed by atoms with Crippen LogP contribution in [0.25, 0.3) is 5.65 Å². The molecule has 0 radical (unpaired) electrons. The normalized spacial score (nSPS) is 13.5. The number of aromatic nitrogens is 3. The lowest BCUT2D eigenvalue weighted by molar-refractivity contribution is 0.479. The van der Waals surface area contributed by atoms with Crippen molar-refractivity contribution in [3.8, 4) is 0 Å². The number of fused-ring (bicyclic) bond motifs is 1. The third-order valence-electron chi connectivity index (χ3n) is 2.56. The minimum Gasteiger partial charge on any atom is -0.307 e. The Kier molecular flexibility index (Phi) is 3.19. The molecule has 0 aliphatic rings. The molecule has 0 amide bonds. The SMILES string of the molecule is CC(C)CNC(C)c1nnc2ccccn12. The molecule has 0 spiro atoms. The van der Waals surface area contributed by atoms with Crippen molar-refractivity contribution >= 4 is 5.65 Å². The van der Waals surface area contributed by atoms with Crippen molar-refractivity contribution in [1.29, 1.82) is 0 Å². The minimum atomic E-state index is 0.222. The summed E-state index contributed by atoms with van der Waals surface area (Å²) in [6.07, 6.45) is 2.00. The maximum absolute atomic E-state index is 4.22. The fourth-order valence-electron chi connectivity index (χ4n) is 1.66. The van der Waals surface area contributed by atoms with E-state index in [1.807, 2.05) is 28.8 Å². The largest absolute Gasteiger partial charge is 0.307 e. The van der Waals surface area contributed by atoms with Crippen LogP contribution in [0.5, 0.6) is 0 Å². The van der Waals surface area contributed by atoms with E-state index < -0.39 is 0 Å². The van der Waals surface area contributed by atoms with E-state index in [4.69, 9.17) is 0 Å². The van der Waals surface area contributed by atoms with E-state index >= 15 is 0 Å². The first-order valence-electron chi connectivity index (χ1n) is 5.71. The number of nitrogens with zero attached hydrogens (tertiary/aromatic N) is 3. The molecule has 1 unspecified atom stereocenters. The van der Waals surface area contributed by atoms with Gasteiger partial charge in [-0.15, -0.1) is 10.2 Å². The molecule has 16 heavy (non-hydrogen) atoms.